The molecule has 4 nitrogen and oxygen atoms in total. The summed E-state index contributed by atoms with van der Waals surface area (Å²) < 4.78 is 8.60. The average Bonchev–Trinajstić information content (AvgIpc) is 2.44. The van der Waals surface area contributed by atoms with Crippen LogP contribution in [-0.2, 0) is 13.1 Å². The SMILES string of the molecule is CNCc1cc(Br)cc(C)c1OCCn1ccccc1=O. The molecule has 0 unspecified atom stereocenters. The van der Waals surface area contributed by atoms with Gasteiger partial charge in [-0.3, -0.25) is 4.79 Å². The Kier molecular flexibility index (Phi) is 5.59. The monoisotopic (exact) mass is 350 g/mol. The summed E-state index contributed by atoms with van der Waals surface area (Å²) in [5.74, 6) is 0.886. The Hall–Kier alpha value is -1.59. The quantitative estimate of drug-likeness (QED) is 0.870. The van der Waals surface area contributed by atoms with Gasteiger partial charge in [-0.2, -0.15) is 0 Å². The van der Waals surface area contributed by atoms with Crippen LogP contribution in [-0.4, -0.2) is 18.2 Å². The van der Waals surface area contributed by atoms with E-state index in [1.165, 1.54) is 0 Å². The van der Waals surface area contributed by atoms with Crippen molar-refractivity contribution >= 4 is 15.9 Å². The highest BCUT2D eigenvalue weighted by molar-refractivity contribution is 9.10. The van der Waals surface area contributed by atoms with Crippen molar-refractivity contribution in [2.75, 3.05) is 13.7 Å². The van der Waals surface area contributed by atoms with E-state index in [0.717, 1.165) is 27.9 Å². The van der Waals surface area contributed by atoms with E-state index >= 15 is 0 Å². The molecule has 1 aromatic carbocycles. The van der Waals surface area contributed by atoms with Crippen molar-refractivity contribution in [3.63, 3.8) is 0 Å². The number of nitrogens with one attached hydrogen (secondary N) is 1. The molecule has 112 valence electrons. The molecule has 0 atom stereocenters. The van der Waals surface area contributed by atoms with Crippen molar-refractivity contribution in [2.24, 2.45) is 0 Å². The second-order valence-electron chi connectivity index (χ2n) is 4.82. The van der Waals surface area contributed by atoms with E-state index in [1.54, 1.807) is 22.9 Å². The maximum atomic E-state index is 11.6. The Morgan fingerprint density at radius 2 is 2.14 bits per heavy atom. The average molecular weight is 351 g/mol. The minimum absolute atomic E-state index is 0.0101. The number of benzene rings is 1. The van der Waals surface area contributed by atoms with E-state index in [2.05, 4.69) is 21.2 Å². The van der Waals surface area contributed by atoms with Crippen molar-refractivity contribution in [1.82, 2.24) is 9.88 Å². The first-order valence-electron chi connectivity index (χ1n) is 6.83. The summed E-state index contributed by atoms with van der Waals surface area (Å²) in [5, 5.41) is 3.14. The van der Waals surface area contributed by atoms with Crippen LogP contribution in [0.25, 0.3) is 0 Å². The molecule has 21 heavy (non-hydrogen) atoms. The molecule has 0 spiro atoms. The number of ether oxygens (including phenoxy) is 1. The minimum atomic E-state index is -0.0101. The second kappa shape index (κ2) is 7.43. The summed E-state index contributed by atoms with van der Waals surface area (Å²) >= 11 is 3.50. The first-order chi connectivity index (χ1) is 10.1. The van der Waals surface area contributed by atoms with Gasteiger partial charge in [0.2, 0.25) is 0 Å². The Labute approximate surface area is 132 Å². The maximum Gasteiger partial charge on any atom is 0.250 e. The van der Waals surface area contributed by atoms with Gasteiger partial charge in [0.1, 0.15) is 12.4 Å². The fraction of sp³-hybridized carbons (Fsp3) is 0.312. The third-order valence-corrected chi connectivity index (χ3v) is 3.62. The van der Waals surface area contributed by atoms with Gasteiger partial charge in [0.25, 0.3) is 5.56 Å². The van der Waals surface area contributed by atoms with Crippen LogP contribution in [0.15, 0.2) is 45.8 Å². The molecule has 5 heteroatoms. The molecule has 1 heterocycles. The van der Waals surface area contributed by atoms with Crippen LogP contribution in [0.4, 0.5) is 0 Å². The van der Waals surface area contributed by atoms with Crippen LogP contribution in [0.3, 0.4) is 0 Å². The number of aromatic nitrogens is 1. The molecular formula is C16H19BrN2O2. The Morgan fingerprint density at radius 3 is 2.86 bits per heavy atom. The molecule has 0 aliphatic rings. The molecule has 2 aromatic rings. The Morgan fingerprint density at radius 1 is 1.33 bits per heavy atom. The summed E-state index contributed by atoms with van der Waals surface area (Å²) in [4.78, 5) is 11.6. The number of hydrogen-bond donors (Lipinski definition) is 1. The first kappa shape index (κ1) is 15.8. The smallest absolute Gasteiger partial charge is 0.250 e. The topological polar surface area (TPSA) is 43.3 Å². The van der Waals surface area contributed by atoms with E-state index < -0.39 is 0 Å². The highest BCUT2D eigenvalue weighted by atomic mass is 79.9. The van der Waals surface area contributed by atoms with E-state index in [9.17, 15) is 4.79 Å². The minimum Gasteiger partial charge on any atom is -0.491 e. The van der Waals surface area contributed by atoms with Crippen LogP contribution < -0.4 is 15.6 Å². The van der Waals surface area contributed by atoms with Crippen LogP contribution in [0, 0.1) is 6.92 Å². The predicted octanol–water partition coefficient (Wildman–Crippen LogP) is 2.72. The van der Waals surface area contributed by atoms with Gasteiger partial charge < -0.3 is 14.6 Å². The highest BCUT2D eigenvalue weighted by Crippen LogP contribution is 2.28. The van der Waals surface area contributed by atoms with Gasteiger partial charge in [-0.1, -0.05) is 22.0 Å². The summed E-state index contributed by atoms with van der Waals surface area (Å²) in [6.07, 6.45) is 1.77. The molecule has 0 saturated carbocycles. The predicted molar refractivity (Wildman–Crippen MR) is 87.8 cm³/mol. The number of pyridine rings is 1. The van der Waals surface area contributed by atoms with Crippen molar-refractivity contribution in [3.8, 4) is 5.75 Å². The molecule has 2 rings (SSSR count). The summed E-state index contributed by atoms with van der Waals surface area (Å²) in [5.41, 5.74) is 2.17. The standard InChI is InChI=1S/C16H19BrN2O2/c1-12-9-14(17)10-13(11-18-2)16(12)21-8-7-19-6-4-3-5-15(19)20/h3-6,9-10,18H,7-8,11H2,1-2H3. The number of hydrogen-bond acceptors (Lipinski definition) is 3. The molecular weight excluding hydrogens is 332 g/mol. The zero-order valence-electron chi connectivity index (χ0n) is 12.2. The van der Waals surface area contributed by atoms with Gasteiger partial charge in [-0.25, -0.2) is 0 Å². The molecule has 0 radical (unpaired) electrons. The number of nitrogens with zero attached hydrogens (tertiary/aromatic N) is 1. The molecule has 0 saturated heterocycles. The second-order valence-corrected chi connectivity index (χ2v) is 5.74. The molecule has 0 bridgehead atoms. The number of halogens is 1. The first-order valence-corrected chi connectivity index (χ1v) is 7.63. The van der Waals surface area contributed by atoms with Crippen molar-refractivity contribution < 1.29 is 4.74 Å². The van der Waals surface area contributed by atoms with Gasteiger partial charge in [0.05, 0.1) is 6.54 Å². The van der Waals surface area contributed by atoms with Crippen LogP contribution in [0.2, 0.25) is 0 Å². The Bertz CT molecular complexity index is 668. The summed E-state index contributed by atoms with van der Waals surface area (Å²) in [6.45, 7) is 3.76. The van der Waals surface area contributed by atoms with Crippen molar-refractivity contribution in [2.45, 2.75) is 20.0 Å². The fourth-order valence-electron chi connectivity index (χ4n) is 2.22. The molecule has 0 aliphatic carbocycles. The van der Waals surface area contributed by atoms with Crippen LogP contribution >= 0.6 is 15.9 Å². The molecule has 0 fully saturated rings. The summed E-state index contributed by atoms with van der Waals surface area (Å²) in [6, 6.07) is 9.22. The molecule has 0 aliphatic heterocycles. The van der Waals surface area contributed by atoms with Gasteiger partial charge in [0, 0.05) is 28.8 Å². The van der Waals surface area contributed by atoms with E-state index in [4.69, 9.17) is 4.74 Å². The molecule has 0 amide bonds. The molecule has 1 N–H and O–H groups in total. The zero-order valence-corrected chi connectivity index (χ0v) is 13.8. The Balaban J connectivity index is 2.09. The lowest BCUT2D eigenvalue weighted by molar-refractivity contribution is 0.291. The number of aryl methyl sites for hydroxylation is 1. The lowest BCUT2D eigenvalue weighted by Gasteiger charge is -2.15. The van der Waals surface area contributed by atoms with E-state index in [0.29, 0.717) is 13.2 Å². The lowest BCUT2D eigenvalue weighted by atomic mass is 10.1. The van der Waals surface area contributed by atoms with Crippen LogP contribution in [0.5, 0.6) is 5.75 Å². The van der Waals surface area contributed by atoms with Gasteiger partial charge >= 0.3 is 0 Å². The van der Waals surface area contributed by atoms with E-state index in [-0.39, 0.29) is 5.56 Å². The lowest BCUT2D eigenvalue weighted by Crippen LogP contribution is -2.21. The van der Waals surface area contributed by atoms with Gasteiger partial charge in [-0.05, 0) is 37.7 Å². The fourth-order valence-corrected chi connectivity index (χ4v) is 2.84. The normalized spacial score (nSPS) is 10.6. The maximum absolute atomic E-state index is 11.6. The third-order valence-electron chi connectivity index (χ3n) is 3.16. The zero-order chi connectivity index (χ0) is 15.2. The highest BCUT2D eigenvalue weighted by Gasteiger charge is 2.08. The number of rotatable bonds is 6. The van der Waals surface area contributed by atoms with Crippen molar-refractivity contribution in [3.05, 3.63) is 62.5 Å². The largest absolute Gasteiger partial charge is 0.491 e. The van der Waals surface area contributed by atoms with Gasteiger partial charge in [-0.15, -0.1) is 0 Å². The summed E-state index contributed by atoms with van der Waals surface area (Å²) in [7, 11) is 1.91. The molecule has 1 aromatic heterocycles. The van der Waals surface area contributed by atoms with E-state index in [1.807, 2.05) is 32.2 Å². The van der Waals surface area contributed by atoms with Gasteiger partial charge in [0.15, 0.2) is 0 Å². The van der Waals surface area contributed by atoms with Crippen LogP contribution in [0.1, 0.15) is 11.1 Å². The third kappa shape index (κ3) is 4.19. The van der Waals surface area contributed by atoms with Crippen molar-refractivity contribution in [1.29, 1.82) is 0 Å².